The van der Waals surface area contributed by atoms with E-state index in [9.17, 15) is 19.0 Å². The Morgan fingerprint density at radius 2 is 1.16 bits per heavy atom. The van der Waals surface area contributed by atoms with Gasteiger partial charge < -0.3 is 30.6 Å². The van der Waals surface area contributed by atoms with Crippen molar-refractivity contribution in [3.63, 3.8) is 0 Å². The van der Waals surface area contributed by atoms with Crippen LogP contribution in [0.2, 0.25) is 10.0 Å². The molecule has 0 aliphatic heterocycles. The molecule has 0 amide bonds. The Bertz CT molecular complexity index is 2470. The zero-order valence-electron chi connectivity index (χ0n) is 27.4. The van der Waals surface area contributed by atoms with E-state index in [4.69, 9.17) is 42.1 Å². The van der Waals surface area contributed by atoms with Crippen LogP contribution in [-0.4, -0.2) is 16.7 Å². The molecular formula is C37H22Cl2F2K2O7. The number of halogens is 4. The first kappa shape index (κ1) is 40.4. The van der Waals surface area contributed by atoms with E-state index in [1.54, 1.807) is 12.1 Å². The number of phenolic OH excluding ortho intramolecular Hbond substituents is 2. The number of aromatic hydroxyl groups is 2. The molecule has 0 atom stereocenters. The maximum absolute atomic E-state index is 14.4. The molecule has 2 aromatic heterocycles. The third-order valence-electron chi connectivity index (χ3n) is 7.53. The first-order chi connectivity index (χ1) is 23.2. The molecule has 8 aromatic rings. The molecule has 0 aliphatic rings. The van der Waals surface area contributed by atoms with Crippen LogP contribution in [-0.2, 0) is 9.68 Å². The number of benzene rings is 6. The average molecular weight is 766 g/mol. The second-order valence-corrected chi connectivity index (χ2v) is 11.1. The fourth-order valence-electron chi connectivity index (χ4n) is 5.55. The van der Waals surface area contributed by atoms with Crippen LogP contribution in [0.4, 0.5) is 8.78 Å². The molecule has 2 heterocycles. The Labute approximate surface area is 379 Å². The van der Waals surface area contributed by atoms with Gasteiger partial charge in [0.1, 0.15) is 39.9 Å². The Morgan fingerprint density at radius 1 is 0.640 bits per heavy atom. The monoisotopic (exact) mass is 764 g/mol. The van der Waals surface area contributed by atoms with E-state index < -0.39 is 11.6 Å². The van der Waals surface area contributed by atoms with E-state index in [1.807, 2.05) is 48.5 Å². The Balaban J connectivity index is 0.000000237. The molecule has 6 aromatic carbocycles. The van der Waals surface area contributed by atoms with Crippen LogP contribution in [0.25, 0.3) is 66.1 Å². The fourth-order valence-corrected chi connectivity index (χ4v) is 5.94. The largest absolute Gasteiger partial charge is 1.00 e. The van der Waals surface area contributed by atoms with Crippen LogP contribution in [0, 0.1) is 11.6 Å². The number of hydrogen-bond acceptors (Lipinski definition) is 7. The maximum Gasteiger partial charge on any atom is 1.00 e. The van der Waals surface area contributed by atoms with E-state index in [0.717, 1.165) is 56.0 Å². The summed E-state index contributed by atoms with van der Waals surface area (Å²) >= 11 is 12.1. The molecule has 0 saturated heterocycles. The van der Waals surface area contributed by atoms with E-state index >= 15 is 0 Å². The van der Waals surface area contributed by atoms with Gasteiger partial charge in [0.25, 0.3) is 6.47 Å². The van der Waals surface area contributed by atoms with Gasteiger partial charge in [-0.05, 0) is 48.5 Å². The number of phenols is 2. The predicted octanol–water partition coefficient (Wildman–Crippen LogP) is 4.06. The van der Waals surface area contributed by atoms with Gasteiger partial charge in [-0.3, -0.25) is 4.79 Å². The van der Waals surface area contributed by atoms with Crippen molar-refractivity contribution in [3.05, 3.63) is 131 Å². The van der Waals surface area contributed by atoms with Crippen LogP contribution in [0.3, 0.4) is 0 Å². The van der Waals surface area contributed by atoms with Gasteiger partial charge in [0.2, 0.25) is 0 Å². The summed E-state index contributed by atoms with van der Waals surface area (Å²) in [4.78, 5) is 11.2. The van der Waals surface area contributed by atoms with Gasteiger partial charge in [0, 0.05) is 43.8 Å². The van der Waals surface area contributed by atoms with Gasteiger partial charge in [-0.25, -0.2) is 8.78 Å². The van der Waals surface area contributed by atoms with Gasteiger partial charge in [0.15, 0.2) is 5.58 Å². The predicted molar refractivity (Wildman–Crippen MR) is 180 cm³/mol. The van der Waals surface area contributed by atoms with Crippen molar-refractivity contribution in [2.75, 3.05) is 0 Å². The van der Waals surface area contributed by atoms with Gasteiger partial charge >= 0.3 is 103 Å². The van der Waals surface area contributed by atoms with Crippen LogP contribution >= 0.6 is 23.2 Å². The van der Waals surface area contributed by atoms with Crippen molar-refractivity contribution in [2.45, 2.75) is 0 Å². The molecule has 0 radical (unpaired) electrons. The zero-order valence-corrected chi connectivity index (χ0v) is 34.2. The van der Waals surface area contributed by atoms with Crippen molar-refractivity contribution in [2.24, 2.45) is 0 Å². The second kappa shape index (κ2) is 17.9. The normalized spacial score (nSPS) is 10.4. The summed E-state index contributed by atoms with van der Waals surface area (Å²) in [5.41, 5.74) is 3.19. The van der Waals surface area contributed by atoms with E-state index in [2.05, 4.69) is 11.0 Å². The van der Waals surface area contributed by atoms with E-state index in [1.165, 1.54) is 30.3 Å². The molecule has 242 valence electrons. The van der Waals surface area contributed by atoms with Gasteiger partial charge in [-0.2, -0.15) is 0 Å². The Morgan fingerprint density at radius 3 is 1.84 bits per heavy atom. The molecule has 13 heteroatoms. The molecule has 0 spiro atoms. The number of fused-ring (bicyclic) bond motifs is 7. The minimum atomic E-state index is -0.734. The average Bonchev–Trinajstić information content (AvgIpc) is 3.67. The molecule has 7 nitrogen and oxygen atoms in total. The Kier molecular flexibility index (Phi) is 14.5. The van der Waals surface area contributed by atoms with Crippen molar-refractivity contribution in [1.82, 2.24) is 0 Å². The molecule has 0 aliphatic carbocycles. The molecule has 0 fully saturated rings. The minimum Gasteiger partial charge on any atom is -1.00 e. The molecular weight excluding hydrogens is 743 g/mol. The summed E-state index contributed by atoms with van der Waals surface area (Å²) in [5, 5.41) is 33.5. The van der Waals surface area contributed by atoms with Crippen molar-refractivity contribution < 1.29 is 147 Å². The summed E-state index contributed by atoms with van der Waals surface area (Å²) in [6.07, 6.45) is 0. The molecule has 0 saturated carbocycles. The third kappa shape index (κ3) is 8.01. The van der Waals surface area contributed by atoms with E-state index in [-0.39, 0.29) is 149 Å². The second-order valence-electron chi connectivity index (χ2n) is 10.3. The first-order valence-corrected chi connectivity index (χ1v) is 14.9. The summed E-state index contributed by atoms with van der Waals surface area (Å²) in [5.74, 6) is -2.00. The van der Waals surface area contributed by atoms with Gasteiger partial charge in [-0.15, -0.1) is 0 Å². The van der Waals surface area contributed by atoms with Crippen LogP contribution < -0.4 is 108 Å². The first-order valence-electron chi connectivity index (χ1n) is 14.1. The zero-order chi connectivity index (χ0) is 33.9. The molecule has 8 rings (SSSR count). The summed E-state index contributed by atoms with van der Waals surface area (Å²) in [6, 6.07) is 30.1. The Hall–Kier alpha value is -2.34. The summed E-state index contributed by atoms with van der Waals surface area (Å²) in [7, 11) is 0. The van der Waals surface area contributed by atoms with Crippen molar-refractivity contribution >= 4 is 73.6 Å². The number of hydrogen-bond donors (Lipinski definition) is 2. The van der Waals surface area contributed by atoms with E-state index in [0.29, 0.717) is 5.02 Å². The number of furan rings is 2. The van der Waals surface area contributed by atoms with Crippen molar-refractivity contribution in [3.8, 4) is 33.8 Å². The quantitative estimate of drug-likeness (QED) is 0.121. The van der Waals surface area contributed by atoms with Gasteiger partial charge in [0.05, 0.1) is 10.0 Å². The van der Waals surface area contributed by atoms with Crippen LogP contribution in [0.15, 0.2) is 118 Å². The van der Waals surface area contributed by atoms with Crippen LogP contribution in [0.1, 0.15) is 1.43 Å². The number of para-hydroxylation sites is 4. The standard InChI is InChI=1S/C18H11ClF2O2.C18H9ClO2.CH2O3.2K.H/c19-12-6-3-5-11(18(12)23)17-14(21)9-8-13(20)16(17)10-4-1-2-7-15(10)22;19-12-6-3-5-11-17-15(21-18(11)12)9-8-14-16(17)10-4-1-2-7-13(10)20-14;2-1-4-3;;;/h1-9,22-23H;1-9H;1,3H;;;/q;;;2*+1;-1/p-1. The topological polar surface area (TPSA) is 116 Å². The smallest absolute Gasteiger partial charge is 1.00 e. The third-order valence-corrected chi connectivity index (χ3v) is 8.13. The summed E-state index contributed by atoms with van der Waals surface area (Å²) in [6.45, 7) is -0.181. The molecule has 0 unspecified atom stereocenters. The summed E-state index contributed by atoms with van der Waals surface area (Å²) < 4.78 is 40.7. The van der Waals surface area contributed by atoms with Crippen LogP contribution in [0.5, 0.6) is 11.5 Å². The molecule has 0 bridgehead atoms. The molecule has 2 N–H and O–H groups in total. The minimum absolute atomic E-state index is 0. The molecule has 50 heavy (non-hydrogen) atoms. The fraction of sp³-hybridized carbons (Fsp3) is 0. The maximum atomic E-state index is 14.4. The number of carbonyl (C=O) groups excluding carboxylic acids is 1. The number of carbonyl (C=O) groups is 1. The number of rotatable bonds is 3. The van der Waals surface area contributed by atoms with Crippen molar-refractivity contribution in [1.29, 1.82) is 0 Å². The van der Waals surface area contributed by atoms with Gasteiger partial charge in [-0.1, -0.05) is 83.9 Å². The SMILES string of the molecule is Clc1cccc2c1oc1ccc3oc4ccccc4c3c12.O=CO[O-].Oc1ccccc1-c1c(F)ccc(F)c1-c1cccc(Cl)c1O.[H-].[K+].[K+].